The van der Waals surface area contributed by atoms with Crippen molar-refractivity contribution in [3.05, 3.63) is 63.4 Å². The van der Waals surface area contributed by atoms with Crippen LogP contribution in [0.2, 0.25) is 0 Å². The molecule has 1 unspecified atom stereocenters. The number of amides is 1. The molecule has 2 heterocycles. The van der Waals surface area contributed by atoms with Crippen LogP contribution in [0.3, 0.4) is 0 Å². The Morgan fingerprint density at radius 2 is 1.88 bits per heavy atom. The first-order chi connectivity index (χ1) is 15.9. The maximum Gasteiger partial charge on any atom is 0.276 e. The summed E-state index contributed by atoms with van der Waals surface area (Å²) in [5.41, 5.74) is 6.08. The number of hydroxylamine groups is 1. The number of aryl methyl sites for hydroxylation is 1. The zero-order chi connectivity index (χ0) is 23.5. The zero-order valence-corrected chi connectivity index (χ0v) is 19.6. The Bertz CT molecular complexity index is 1230. The molecule has 1 fully saturated rings. The Morgan fingerprint density at radius 3 is 2.61 bits per heavy atom. The molecule has 3 aromatic rings. The van der Waals surface area contributed by atoms with Crippen molar-refractivity contribution >= 4 is 28.4 Å². The van der Waals surface area contributed by atoms with Crippen molar-refractivity contribution < 1.29 is 9.63 Å². The summed E-state index contributed by atoms with van der Waals surface area (Å²) in [4.78, 5) is 37.7. The third kappa shape index (κ3) is 4.57. The van der Waals surface area contributed by atoms with E-state index in [9.17, 15) is 9.59 Å². The molecule has 1 atom stereocenters. The molecule has 1 aliphatic rings. The number of carbonyl (C=O) groups is 1. The molecule has 2 N–H and O–H groups in total. The molecule has 0 saturated carbocycles. The summed E-state index contributed by atoms with van der Waals surface area (Å²) < 4.78 is 1.67. The molecule has 33 heavy (non-hydrogen) atoms. The van der Waals surface area contributed by atoms with Gasteiger partial charge < -0.3 is 10.2 Å². The number of hydrogen-bond acceptors (Lipinski definition) is 6. The van der Waals surface area contributed by atoms with Crippen LogP contribution in [0.5, 0.6) is 0 Å². The van der Waals surface area contributed by atoms with E-state index in [1.165, 1.54) is 13.5 Å². The molecule has 2 aromatic carbocycles. The Kier molecular flexibility index (Phi) is 6.65. The van der Waals surface area contributed by atoms with Crippen molar-refractivity contribution in [1.82, 2.24) is 15.0 Å². The average Bonchev–Trinajstić information content (AvgIpc) is 2.82. The Balaban J connectivity index is 1.78. The summed E-state index contributed by atoms with van der Waals surface area (Å²) in [6.07, 6.45) is 3.42. The van der Waals surface area contributed by atoms with Crippen LogP contribution in [-0.2, 0) is 11.9 Å². The molecule has 1 aromatic heterocycles. The highest BCUT2D eigenvalue weighted by Crippen LogP contribution is 2.29. The van der Waals surface area contributed by atoms with Gasteiger partial charge in [0.2, 0.25) is 5.95 Å². The van der Waals surface area contributed by atoms with Gasteiger partial charge in [-0.25, -0.2) is 10.5 Å². The standard InChI is InChI=1S/C25H31N5O3/c1-16-14-19(17(2)26-21-11-7-6-10-18(21)23(31)28-33-4)22-20(15-16)24(32)29(3)25(27-22)30-12-8-5-9-13-30/h6-7,10-11,14-15,17,26H,5,8-9,12-13H2,1-4H3,(H,28,31). The van der Waals surface area contributed by atoms with E-state index in [1.54, 1.807) is 23.7 Å². The highest BCUT2D eigenvalue weighted by Gasteiger charge is 2.21. The summed E-state index contributed by atoms with van der Waals surface area (Å²) in [6.45, 7) is 5.80. The minimum atomic E-state index is -0.332. The molecule has 8 heteroatoms. The van der Waals surface area contributed by atoms with E-state index in [2.05, 4.69) is 21.8 Å². The van der Waals surface area contributed by atoms with E-state index in [0.717, 1.165) is 37.1 Å². The number of piperidine rings is 1. The number of nitrogens with one attached hydrogen (secondary N) is 2. The van der Waals surface area contributed by atoms with Crippen LogP contribution in [0, 0.1) is 6.92 Å². The molecule has 1 amide bonds. The number of hydrogen-bond donors (Lipinski definition) is 2. The predicted molar refractivity (Wildman–Crippen MR) is 131 cm³/mol. The van der Waals surface area contributed by atoms with Crippen molar-refractivity contribution in [1.29, 1.82) is 0 Å². The van der Waals surface area contributed by atoms with Crippen LogP contribution in [0.25, 0.3) is 10.9 Å². The lowest BCUT2D eigenvalue weighted by Crippen LogP contribution is -2.35. The first-order valence-electron chi connectivity index (χ1n) is 11.4. The van der Waals surface area contributed by atoms with Crippen molar-refractivity contribution in [3.8, 4) is 0 Å². The van der Waals surface area contributed by atoms with Gasteiger partial charge in [-0.05, 0) is 56.9 Å². The van der Waals surface area contributed by atoms with E-state index in [-0.39, 0.29) is 17.5 Å². The summed E-state index contributed by atoms with van der Waals surface area (Å²) in [6, 6.07) is 11.0. The fourth-order valence-corrected chi connectivity index (χ4v) is 4.51. The topological polar surface area (TPSA) is 88.5 Å². The SMILES string of the molecule is CONC(=O)c1ccccc1NC(C)c1cc(C)cc2c(=O)n(C)c(N3CCCCC3)nc12. The highest BCUT2D eigenvalue weighted by molar-refractivity contribution is 5.99. The van der Waals surface area contributed by atoms with Crippen molar-refractivity contribution in [2.75, 3.05) is 30.4 Å². The first-order valence-corrected chi connectivity index (χ1v) is 11.4. The smallest absolute Gasteiger partial charge is 0.276 e. The van der Waals surface area contributed by atoms with E-state index in [4.69, 9.17) is 9.82 Å². The van der Waals surface area contributed by atoms with Crippen LogP contribution in [0.15, 0.2) is 41.2 Å². The van der Waals surface area contributed by atoms with Gasteiger partial charge >= 0.3 is 0 Å². The molecule has 1 saturated heterocycles. The number of carbonyl (C=O) groups excluding carboxylic acids is 1. The molecule has 4 rings (SSSR count). The molecule has 1 aliphatic heterocycles. The second kappa shape index (κ2) is 9.62. The number of fused-ring (bicyclic) bond motifs is 1. The van der Waals surface area contributed by atoms with Gasteiger partial charge in [-0.1, -0.05) is 18.2 Å². The van der Waals surface area contributed by atoms with Crippen LogP contribution < -0.4 is 21.3 Å². The maximum absolute atomic E-state index is 13.3. The number of aromatic nitrogens is 2. The lowest BCUT2D eigenvalue weighted by Gasteiger charge is -2.29. The molecule has 0 bridgehead atoms. The Hall–Kier alpha value is -3.39. The molecular formula is C25H31N5O3. The Labute approximate surface area is 193 Å². The highest BCUT2D eigenvalue weighted by atomic mass is 16.6. The Morgan fingerprint density at radius 1 is 1.15 bits per heavy atom. The molecule has 0 spiro atoms. The number of para-hydroxylation sites is 1. The van der Waals surface area contributed by atoms with E-state index >= 15 is 0 Å². The third-order valence-corrected chi connectivity index (χ3v) is 6.17. The van der Waals surface area contributed by atoms with Crippen molar-refractivity contribution in [2.45, 2.75) is 39.2 Å². The van der Waals surface area contributed by atoms with Crippen LogP contribution >= 0.6 is 0 Å². The minimum absolute atomic E-state index is 0.0439. The number of rotatable bonds is 6. The second-order valence-electron chi connectivity index (χ2n) is 8.62. The third-order valence-electron chi connectivity index (χ3n) is 6.17. The maximum atomic E-state index is 13.3. The van der Waals surface area contributed by atoms with Crippen LogP contribution in [-0.4, -0.2) is 35.7 Å². The average molecular weight is 450 g/mol. The number of anilines is 2. The molecule has 0 radical (unpaired) electrons. The molecular weight excluding hydrogens is 418 g/mol. The van der Waals surface area contributed by atoms with E-state index in [1.807, 2.05) is 32.0 Å². The van der Waals surface area contributed by atoms with Gasteiger partial charge in [-0.2, -0.15) is 0 Å². The van der Waals surface area contributed by atoms with E-state index < -0.39 is 0 Å². The largest absolute Gasteiger partial charge is 0.378 e. The second-order valence-corrected chi connectivity index (χ2v) is 8.62. The van der Waals surface area contributed by atoms with Crippen LogP contribution in [0.4, 0.5) is 11.6 Å². The van der Waals surface area contributed by atoms with Crippen molar-refractivity contribution in [2.24, 2.45) is 7.05 Å². The van der Waals surface area contributed by atoms with Gasteiger partial charge in [0, 0.05) is 31.4 Å². The zero-order valence-electron chi connectivity index (χ0n) is 19.6. The summed E-state index contributed by atoms with van der Waals surface area (Å²) in [5.74, 6) is 0.380. The number of nitrogens with zero attached hydrogens (tertiary/aromatic N) is 3. The normalized spacial score (nSPS) is 14.8. The fraction of sp³-hybridized carbons (Fsp3) is 0.400. The van der Waals surface area contributed by atoms with Gasteiger partial charge in [-0.3, -0.25) is 19.0 Å². The van der Waals surface area contributed by atoms with E-state index in [0.29, 0.717) is 28.1 Å². The predicted octanol–water partition coefficient (Wildman–Crippen LogP) is 3.70. The van der Waals surface area contributed by atoms with Gasteiger partial charge in [-0.15, -0.1) is 0 Å². The summed E-state index contributed by atoms with van der Waals surface area (Å²) >= 11 is 0. The van der Waals surface area contributed by atoms with Gasteiger partial charge in [0.25, 0.3) is 11.5 Å². The lowest BCUT2D eigenvalue weighted by molar-refractivity contribution is 0.0538. The summed E-state index contributed by atoms with van der Waals surface area (Å²) in [5, 5.41) is 4.04. The van der Waals surface area contributed by atoms with Gasteiger partial charge in [0.15, 0.2) is 0 Å². The summed E-state index contributed by atoms with van der Waals surface area (Å²) in [7, 11) is 3.20. The van der Waals surface area contributed by atoms with Crippen LogP contribution in [0.1, 0.15) is 53.7 Å². The molecule has 174 valence electrons. The van der Waals surface area contributed by atoms with Gasteiger partial charge in [0.05, 0.1) is 29.6 Å². The minimum Gasteiger partial charge on any atom is -0.378 e. The van der Waals surface area contributed by atoms with Gasteiger partial charge in [0.1, 0.15) is 0 Å². The first kappa shape index (κ1) is 22.8. The molecule has 0 aliphatic carbocycles. The monoisotopic (exact) mass is 449 g/mol. The lowest BCUT2D eigenvalue weighted by atomic mass is 10.0. The van der Waals surface area contributed by atoms with Crippen molar-refractivity contribution in [3.63, 3.8) is 0 Å². The number of benzene rings is 2. The molecule has 8 nitrogen and oxygen atoms in total. The fourth-order valence-electron chi connectivity index (χ4n) is 4.51. The quantitative estimate of drug-likeness (QED) is 0.558.